The number of hydrogen-bond donors (Lipinski definition) is 0. The summed E-state index contributed by atoms with van der Waals surface area (Å²) in [6.45, 7) is 1.67. The van der Waals surface area contributed by atoms with Crippen molar-refractivity contribution in [3.63, 3.8) is 0 Å². The Kier molecular flexibility index (Phi) is 2.76. The molecular weight excluding hydrogens is 108 g/mol. The Morgan fingerprint density at radius 1 is 1.75 bits per heavy atom. The third-order valence-electron chi connectivity index (χ3n) is 0.786. The second-order valence-electron chi connectivity index (χ2n) is 1.35. The van der Waals surface area contributed by atoms with Gasteiger partial charge in [0.25, 0.3) is 0 Å². The molecule has 0 heterocycles. The van der Waals surface area contributed by atoms with E-state index in [0.29, 0.717) is 6.42 Å². The quantitative estimate of drug-likeness (QED) is 0.390. The Morgan fingerprint density at radius 3 is 2.38 bits per heavy atom. The van der Waals surface area contributed by atoms with Crippen molar-refractivity contribution in [1.29, 1.82) is 0 Å². The second-order valence-corrected chi connectivity index (χ2v) is 1.35. The van der Waals surface area contributed by atoms with Crippen LogP contribution < -0.4 is 0 Å². The van der Waals surface area contributed by atoms with E-state index < -0.39 is 0 Å². The zero-order valence-corrected chi connectivity index (χ0v) is 4.92. The molecule has 0 atom stereocenters. The number of nitroso groups, excluding NO2 is 1. The first-order valence-corrected chi connectivity index (χ1v) is 2.32. The van der Waals surface area contributed by atoms with Gasteiger partial charge in [0.1, 0.15) is 0 Å². The molecule has 0 aliphatic heterocycles. The number of hydrogen-bond acceptors (Lipinski definition) is 3. The number of rotatable bonds is 2. The summed E-state index contributed by atoms with van der Waals surface area (Å²) in [6.07, 6.45) is 0.322. The lowest BCUT2D eigenvalue weighted by atomic mass is 10.5. The predicted octanol–water partition coefficient (Wildman–Crippen LogP) is 0.536. The highest BCUT2D eigenvalue weighted by Crippen LogP contribution is 1.87. The van der Waals surface area contributed by atoms with Crippen molar-refractivity contribution in [2.24, 2.45) is 5.29 Å². The van der Waals surface area contributed by atoms with Crippen LogP contribution in [0.15, 0.2) is 5.29 Å². The SMILES string of the molecule is CCC(=O)N(C)N=O. The van der Waals surface area contributed by atoms with E-state index in [0.717, 1.165) is 5.01 Å². The first-order valence-electron chi connectivity index (χ1n) is 2.32. The van der Waals surface area contributed by atoms with Gasteiger partial charge in [-0.2, -0.15) is 0 Å². The fraction of sp³-hybridized carbons (Fsp3) is 0.750. The first kappa shape index (κ1) is 7.07. The average Bonchev–Trinajstić information content (AvgIpc) is 1.84. The van der Waals surface area contributed by atoms with Gasteiger partial charge in [-0.3, -0.25) is 4.79 Å². The van der Waals surface area contributed by atoms with Crippen LogP contribution in [0.3, 0.4) is 0 Å². The molecule has 0 spiro atoms. The molecule has 0 aromatic carbocycles. The fourth-order valence-electron chi connectivity index (χ4n) is 0.274. The molecule has 0 aromatic heterocycles. The smallest absolute Gasteiger partial charge is 0.244 e. The minimum absolute atomic E-state index is 0.264. The highest BCUT2D eigenvalue weighted by atomic mass is 16.3. The monoisotopic (exact) mass is 116 g/mol. The zero-order valence-electron chi connectivity index (χ0n) is 4.92. The molecule has 0 aliphatic carbocycles. The zero-order chi connectivity index (χ0) is 6.57. The number of nitrogens with zero attached hydrogens (tertiary/aromatic N) is 2. The molecule has 0 fully saturated rings. The maximum Gasteiger partial charge on any atom is 0.244 e. The van der Waals surface area contributed by atoms with E-state index in [-0.39, 0.29) is 5.91 Å². The third-order valence-corrected chi connectivity index (χ3v) is 0.786. The molecule has 1 amide bonds. The van der Waals surface area contributed by atoms with Crippen molar-refractivity contribution < 1.29 is 4.79 Å². The van der Waals surface area contributed by atoms with Crippen molar-refractivity contribution in [2.75, 3.05) is 7.05 Å². The van der Waals surface area contributed by atoms with E-state index in [4.69, 9.17) is 0 Å². The number of carbonyl (C=O) groups excluding carboxylic acids is 1. The minimum atomic E-state index is -0.264. The van der Waals surface area contributed by atoms with Crippen LogP contribution in [-0.2, 0) is 4.79 Å². The van der Waals surface area contributed by atoms with Crippen molar-refractivity contribution in [3.05, 3.63) is 4.91 Å². The van der Waals surface area contributed by atoms with Crippen LogP contribution in [-0.4, -0.2) is 18.0 Å². The normalized spacial score (nSPS) is 8.25. The van der Waals surface area contributed by atoms with Crippen molar-refractivity contribution in [2.45, 2.75) is 13.3 Å². The lowest BCUT2D eigenvalue weighted by Crippen LogP contribution is -2.18. The van der Waals surface area contributed by atoms with Gasteiger partial charge < -0.3 is 0 Å². The highest BCUT2D eigenvalue weighted by molar-refractivity contribution is 5.74. The molecule has 0 aromatic rings. The van der Waals surface area contributed by atoms with Gasteiger partial charge in [-0.05, 0) is 0 Å². The van der Waals surface area contributed by atoms with E-state index >= 15 is 0 Å². The summed E-state index contributed by atoms with van der Waals surface area (Å²) in [4.78, 5) is 19.9. The largest absolute Gasteiger partial charge is 0.273 e. The second kappa shape index (κ2) is 3.12. The summed E-state index contributed by atoms with van der Waals surface area (Å²) in [5.74, 6) is -0.264. The molecule has 0 bridgehead atoms. The lowest BCUT2D eigenvalue weighted by molar-refractivity contribution is -0.129. The summed E-state index contributed by atoms with van der Waals surface area (Å²) >= 11 is 0. The van der Waals surface area contributed by atoms with Gasteiger partial charge >= 0.3 is 0 Å². The molecule has 4 heteroatoms. The van der Waals surface area contributed by atoms with Gasteiger partial charge in [0.2, 0.25) is 5.91 Å². The number of carbonyl (C=O) groups is 1. The maximum atomic E-state index is 10.4. The molecule has 0 rings (SSSR count). The Balaban J connectivity index is 3.62. The summed E-state index contributed by atoms with van der Waals surface area (Å²) in [6, 6.07) is 0. The van der Waals surface area contributed by atoms with Gasteiger partial charge in [0.05, 0.1) is 5.29 Å². The standard InChI is InChI=1S/C4H8N2O2/c1-3-4(7)6(2)5-8/h3H2,1-2H3. The van der Waals surface area contributed by atoms with Gasteiger partial charge in [0.15, 0.2) is 0 Å². The molecule has 0 unspecified atom stereocenters. The summed E-state index contributed by atoms with van der Waals surface area (Å²) in [5, 5.41) is 3.17. The van der Waals surface area contributed by atoms with E-state index in [1.807, 2.05) is 0 Å². The van der Waals surface area contributed by atoms with Crippen molar-refractivity contribution in [1.82, 2.24) is 5.01 Å². The molecule has 4 nitrogen and oxygen atoms in total. The van der Waals surface area contributed by atoms with E-state index in [1.54, 1.807) is 6.92 Å². The van der Waals surface area contributed by atoms with Crippen LogP contribution in [0, 0.1) is 4.91 Å². The fourth-order valence-corrected chi connectivity index (χ4v) is 0.274. The van der Waals surface area contributed by atoms with Crippen molar-refractivity contribution >= 4 is 5.91 Å². The molecular formula is C4H8N2O2. The van der Waals surface area contributed by atoms with E-state index in [9.17, 15) is 9.70 Å². The van der Waals surface area contributed by atoms with Crippen LogP contribution in [0.25, 0.3) is 0 Å². The Morgan fingerprint density at radius 2 is 2.25 bits per heavy atom. The Hall–Kier alpha value is -0.930. The predicted molar refractivity (Wildman–Crippen MR) is 28.9 cm³/mol. The Bertz CT molecular complexity index is 102. The molecule has 0 radical (unpaired) electrons. The molecule has 46 valence electrons. The van der Waals surface area contributed by atoms with E-state index in [1.165, 1.54) is 7.05 Å². The van der Waals surface area contributed by atoms with Gasteiger partial charge in [0, 0.05) is 13.5 Å². The van der Waals surface area contributed by atoms with Gasteiger partial charge in [-0.1, -0.05) is 6.92 Å². The van der Waals surface area contributed by atoms with Crippen LogP contribution >= 0.6 is 0 Å². The Labute approximate surface area is 47.4 Å². The van der Waals surface area contributed by atoms with Crippen molar-refractivity contribution in [3.8, 4) is 0 Å². The molecule has 0 saturated carbocycles. The summed E-state index contributed by atoms with van der Waals surface area (Å²) in [5.41, 5.74) is 0. The van der Waals surface area contributed by atoms with Crippen LogP contribution in [0.4, 0.5) is 0 Å². The lowest BCUT2D eigenvalue weighted by Gasteiger charge is -2.01. The minimum Gasteiger partial charge on any atom is -0.273 e. The maximum absolute atomic E-state index is 10.4. The van der Waals surface area contributed by atoms with Gasteiger partial charge in [-0.25, -0.2) is 5.01 Å². The molecule has 0 N–H and O–H groups in total. The average molecular weight is 116 g/mol. The topological polar surface area (TPSA) is 49.7 Å². The summed E-state index contributed by atoms with van der Waals surface area (Å²) < 4.78 is 0. The molecule has 0 saturated heterocycles. The first-order chi connectivity index (χ1) is 3.72. The van der Waals surface area contributed by atoms with Crippen LogP contribution in [0.5, 0.6) is 0 Å². The van der Waals surface area contributed by atoms with Crippen LogP contribution in [0.2, 0.25) is 0 Å². The highest BCUT2D eigenvalue weighted by Gasteiger charge is 2.02. The van der Waals surface area contributed by atoms with Crippen LogP contribution in [0.1, 0.15) is 13.3 Å². The third kappa shape index (κ3) is 1.68. The summed E-state index contributed by atoms with van der Waals surface area (Å²) in [7, 11) is 1.33. The number of amides is 1. The molecule has 0 aliphatic rings. The van der Waals surface area contributed by atoms with E-state index in [2.05, 4.69) is 5.29 Å². The van der Waals surface area contributed by atoms with Gasteiger partial charge in [-0.15, -0.1) is 4.91 Å². The molecule has 8 heavy (non-hydrogen) atoms.